The van der Waals surface area contributed by atoms with Gasteiger partial charge >= 0.3 is 0 Å². The number of carbonyl (C=O) groups is 1. The van der Waals surface area contributed by atoms with Crippen LogP contribution in [0.25, 0.3) is 0 Å². The number of nitro groups is 1. The van der Waals surface area contributed by atoms with E-state index in [1.54, 1.807) is 13.0 Å². The smallest absolute Gasteiger partial charge is 0.272 e. The Balaban J connectivity index is 1.88. The highest BCUT2D eigenvalue weighted by molar-refractivity contribution is 5.95. The van der Waals surface area contributed by atoms with E-state index in [1.807, 2.05) is 24.3 Å². The van der Waals surface area contributed by atoms with Crippen LogP contribution in [0.3, 0.4) is 0 Å². The zero-order chi connectivity index (χ0) is 19.6. The number of hydrogen-bond acceptors (Lipinski definition) is 4. The van der Waals surface area contributed by atoms with Gasteiger partial charge in [-0.2, -0.15) is 0 Å². The van der Waals surface area contributed by atoms with E-state index in [1.165, 1.54) is 12.1 Å². The maximum absolute atomic E-state index is 12.8. The van der Waals surface area contributed by atoms with Gasteiger partial charge in [-0.3, -0.25) is 14.9 Å². The van der Waals surface area contributed by atoms with Gasteiger partial charge in [0.15, 0.2) is 0 Å². The monoisotopic (exact) mass is 368 g/mol. The number of aryl methyl sites for hydroxylation is 1. The molecule has 0 aliphatic carbocycles. The summed E-state index contributed by atoms with van der Waals surface area (Å²) < 4.78 is 6.27. The molecule has 2 aromatic rings. The summed E-state index contributed by atoms with van der Waals surface area (Å²) in [4.78, 5) is 23.4. The molecule has 1 unspecified atom stereocenters. The maximum atomic E-state index is 12.8. The van der Waals surface area contributed by atoms with E-state index < -0.39 is 4.92 Å². The van der Waals surface area contributed by atoms with Crippen LogP contribution in [0.5, 0.6) is 5.75 Å². The standard InChI is InChI=1S/C21H24N2O4/c1-4-21(5-2)13-17(16-8-6-7-9-19(16)27-21)22-20(24)15-10-11-18(23(25)26)14(3)12-15/h6-12,17H,4-5,13H2,1-3H3,(H,22,24). The van der Waals surface area contributed by atoms with E-state index in [2.05, 4.69) is 19.2 Å². The number of carbonyl (C=O) groups excluding carboxylic acids is 1. The second-order valence-corrected chi connectivity index (χ2v) is 7.02. The third kappa shape index (κ3) is 3.65. The predicted molar refractivity (Wildman–Crippen MR) is 103 cm³/mol. The third-order valence-electron chi connectivity index (χ3n) is 5.45. The number of nitro benzene ring substituents is 1. The van der Waals surface area contributed by atoms with Crippen molar-refractivity contribution in [2.45, 2.75) is 51.7 Å². The molecule has 0 aromatic heterocycles. The van der Waals surface area contributed by atoms with E-state index in [0.29, 0.717) is 17.5 Å². The molecule has 1 aliphatic rings. The first-order valence-electron chi connectivity index (χ1n) is 9.23. The third-order valence-corrected chi connectivity index (χ3v) is 5.45. The molecule has 3 rings (SSSR count). The molecule has 0 radical (unpaired) electrons. The first kappa shape index (κ1) is 18.9. The van der Waals surface area contributed by atoms with E-state index in [4.69, 9.17) is 4.74 Å². The number of nitrogens with zero attached hydrogens (tertiary/aromatic N) is 1. The molecule has 1 aliphatic heterocycles. The van der Waals surface area contributed by atoms with Crippen molar-refractivity contribution < 1.29 is 14.5 Å². The summed E-state index contributed by atoms with van der Waals surface area (Å²) >= 11 is 0. The SMILES string of the molecule is CCC1(CC)CC(NC(=O)c2ccc([N+](=O)[O-])c(C)c2)c2ccccc2O1. The first-order valence-corrected chi connectivity index (χ1v) is 9.23. The number of amides is 1. The minimum Gasteiger partial charge on any atom is -0.487 e. The number of benzene rings is 2. The van der Waals surface area contributed by atoms with E-state index >= 15 is 0 Å². The van der Waals surface area contributed by atoms with Crippen molar-refractivity contribution in [1.82, 2.24) is 5.32 Å². The van der Waals surface area contributed by atoms with Gasteiger partial charge in [0.2, 0.25) is 0 Å². The average molecular weight is 368 g/mol. The molecule has 0 fully saturated rings. The molecule has 1 atom stereocenters. The van der Waals surface area contributed by atoms with Gasteiger partial charge in [0.25, 0.3) is 11.6 Å². The number of hydrogen-bond donors (Lipinski definition) is 1. The second kappa shape index (κ2) is 7.39. The van der Waals surface area contributed by atoms with Gasteiger partial charge in [-0.25, -0.2) is 0 Å². The van der Waals surface area contributed by atoms with Crippen molar-refractivity contribution in [3.8, 4) is 5.75 Å². The maximum Gasteiger partial charge on any atom is 0.272 e. The number of nitrogens with one attached hydrogen (secondary N) is 1. The van der Waals surface area contributed by atoms with E-state index in [9.17, 15) is 14.9 Å². The van der Waals surface area contributed by atoms with Crippen LogP contribution in [-0.2, 0) is 0 Å². The minimum absolute atomic E-state index is 0.0129. The summed E-state index contributed by atoms with van der Waals surface area (Å²) in [6.07, 6.45) is 2.39. The fourth-order valence-electron chi connectivity index (χ4n) is 3.67. The lowest BCUT2D eigenvalue weighted by molar-refractivity contribution is -0.385. The number of rotatable bonds is 5. The van der Waals surface area contributed by atoms with Crippen LogP contribution in [0, 0.1) is 17.0 Å². The van der Waals surface area contributed by atoms with Crippen LogP contribution in [0.2, 0.25) is 0 Å². The molecule has 0 saturated carbocycles. The van der Waals surface area contributed by atoms with Crippen molar-refractivity contribution in [3.63, 3.8) is 0 Å². The van der Waals surface area contributed by atoms with Crippen LogP contribution in [0.4, 0.5) is 5.69 Å². The van der Waals surface area contributed by atoms with Gasteiger partial charge in [-0.1, -0.05) is 32.0 Å². The zero-order valence-electron chi connectivity index (χ0n) is 15.8. The molecule has 142 valence electrons. The van der Waals surface area contributed by atoms with Crippen molar-refractivity contribution in [2.24, 2.45) is 0 Å². The average Bonchev–Trinajstić information content (AvgIpc) is 2.67. The van der Waals surface area contributed by atoms with Crippen LogP contribution in [0.1, 0.15) is 60.6 Å². The Morgan fingerprint density at radius 3 is 2.59 bits per heavy atom. The molecule has 0 bridgehead atoms. The van der Waals surface area contributed by atoms with Crippen molar-refractivity contribution >= 4 is 11.6 Å². The lowest BCUT2D eigenvalue weighted by Gasteiger charge is -2.41. The quantitative estimate of drug-likeness (QED) is 0.612. The molecule has 6 nitrogen and oxygen atoms in total. The number of fused-ring (bicyclic) bond motifs is 1. The molecular weight excluding hydrogens is 344 g/mol. The Labute approximate surface area is 158 Å². The van der Waals surface area contributed by atoms with Crippen LogP contribution in [-0.4, -0.2) is 16.4 Å². The number of para-hydroxylation sites is 1. The highest BCUT2D eigenvalue weighted by Gasteiger charge is 2.39. The molecule has 0 saturated heterocycles. The van der Waals surface area contributed by atoms with Crippen LogP contribution >= 0.6 is 0 Å². The molecule has 0 spiro atoms. The molecule has 1 N–H and O–H groups in total. The number of ether oxygens (including phenoxy) is 1. The molecular formula is C21H24N2O4. The lowest BCUT2D eigenvalue weighted by atomic mass is 9.83. The van der Waals surface area contributed by atoms with Crippen molar-refractivity contribution in [2.75, 3.05) is 0 Å². The summed E-state index contributed by atoms with van der Waals surface area (Å²) in [5, 5.41) is 14.1. The highest BCUT2D eigenvalue weighted by atomic mass is 16.6. The Bertz CT molecular complexity index is 874. The van der Waals surface area contributed by atoms with Crippen molar-refractivity contribution in [1.29, 1.82) is 0 Å². The molecule has 27 heavy (non-hydrogen) atoms. The summed E-state index contributed by atoms with van der Waals surface area (Å²) in [5.74, 6) is 0.563. The fraction of sp³-hybridized carbons (Fsp3) is 0.381. The first-order chi connectivity index (χ1) is 12.9. The Morgan fingerprint density at radius 2 is 1.96 bits per heavy atom. The molecule has 1 amide bonds. The summed E-state index contributed by atoms with van der Waals surface area (Å²) in [5.41, 5.74) is 1.55. The summed E-state index contributed by atoms with van der Waals surface area (Å²) in [6, 6.07) is 12.0. The Kier molecular flexibility index (Phi) is 5.17. The largest absolute Gasteiger partial charge is 0.487 e. The van der Waals surface area contributed by atoms with Gasteiger partial charge < -0.3 is 10.1 Å². The summed E-state index contributed by atoms with van der Waals surface area (Å²) in [7, 11) is 0. The van der Waals surface area contributed by atoms with Gasteiger partial charge in [0, 0.05) is 29.2 Å². The van der Waals surface area contributed by atoms with E-state index in [0.717, 1.165) is 24.2 Å². The van der Waals surface area contributed by atoms with E-state index in [-0.39, 0.29) is 23.2 Å². The second-order valence-electron chi connectivity index (χ2n) is 7.02. The van der Waals surface area contributed by atoms with Gasteiger partial charge in [-0.15, -0.1) is 0 Å². The predicted octanol–water partition coefficient (Wildman–Crippen LogP) is 4.72. The highest BCUT2D eigenvalue weighted by Crippen LogP contribution is 2.42. The molecule has 6 heteroatoms. The zero-order valence-corrected chi connectivity index (χ0v) is 15.8. The molecule has 1 heterocycles. The Morgan fingerprint density at radius 1 is 1.26 bits per heavy atom. The molecule has 2 aromatic carbocycles. The van der Waals surface area contributed by atoms with Gasteiger partial charge in [0.05, 0.1) is 11.0 Å². The normalized spacial score (nSPS) is 17.5. The van der Waals surface area contributed by atoms with Crippen LogP contribution < -0.4 is 10.1 Å². The van der Waals surface area contributed by atoms with Gasteiger partial charge in [-0.05, 0) is 38.0 Å². The van der Waals surface area contributed by atoms with Crippen molar-refractivity contribution in [3.05, 3.63) is 69.3 Å². The van der Waals surface area contributed by atoms with Crippen LogP contribution in [0.15, 0.2) is 42.5 Å². The fourth-order valence-corrected chi connectivity index (χ4v) is 3.67. The van der Waals surface area contributed by atoms with Gasteiger partial charge in [0.1, 0.15) is 11.4 Å². The lowest BCUT2D eigenvalue weighted by Crippen LogP contribution is -2.44. The minimum atomic E-state index is -0.442. The topological polar surface area (TPSA) is 81.5 Å². The summed E-state index contributed by atoms with van der Waals surface area (Å²) in [6.45, 7) is 5.82. The Hall–Kier alpha value is -2.89.